The van der Waals surface area contributed by atoms with Gasteiger partial charge in [0.25, 0.3) is 0 Å². The van der Waals surface area contributed by atoms with Crippen LogP contribution in [0.2, 0.25) is 0 Å². The van der Waals surface area contributed by atoms with Gasteiger partial charge in [-0.1, -0.05) is 0 Å². The molecule has 0 spiro atoms. The summed E-state index contributed by atoms with van der Waals surface area (Å²) in [6.07, 6.45) is 5.66. The van der Waals surface area contributed by atoms with E-state index >= 15 is 0 Å². The van der Waals surface area contributed by atoms with Gasteiger partial charge in [-0.3, -0.25) is 0 Å². The fourth-order valence-electron chi connectivity index (χ4n) is 1.49. The molecule has 0 aromatic carbocycles. The Balaban J connectivity index is 2.26. The monoisotopic (exact) mass is 252 g/mol. The minimum atomic E-state index is 0.713. The topological polar surface area (TPSA) is 51.5 Å². The first kappa shape index (κ1) is 12.2. The molecule has 0 aliphatic carbocycles. The van der Waals surface area contributed by atoms with Crippen molar-refractivity contribution in [2.24, 2.45) is 0 Å². The number of nitrogens with zero attached hydrogens (tertiary/aromatic N) is 3. The summed E-state index contributed by atoms with van der Waals surface area (Å²) in [5.41, 5.74) is 0.896. The number of nitrogens with one attached hydrogen (secondary N) is 1. The molecule has 92 valence electrons. The lowest BCUT2D eigenvalue weighted by Crippen LogP contribution is -2.03. The molecule has 17 heavy (non-hydrogen) atoms. The quantitative estimate of drug-likeness (QED) is 0.628. The van der Waals surface area contributed by atoms with E-state index in [2.05, 4.69) is 22.2 Å². The van der Waals surface area contributed by atoms with Crippen LogP contribution in [-0.4, -0.2) is 40.4 Å². The summed E-state index contributed by atoms with van der Waals surface area (Å²) in [4.78, 5) is 8.86. The van der Waals surface area contributed by atoms with Gasteiger partial charge >= 0.3 is 0 Å². The molecule has 0 bridgehead atoms. The molecule has 0 fully saturated rings. The van der Waals surface area contributed by atoms with E-state index in [4.69, 9.17) is 4.74 Å². The van der Waals surface area contributed by atoms with Gasteiger partial charge in [-0.05, 0) is 6.92 Å². The molecule has 0 saturated heterocycles. The maximum atomic E-state index is 5.04. The van der Waals surface area contributed by atoms with E-state index in [1.165, 1.54) is 0 Å². The van der Waals surface area contributed by atoms with Crippen LogP contribution in [0.1, 0.15) is 6.92 Å². The molecule has 0 aliphatic heterocycles. The van der Waals surface area contributed by atoms with Gasteiger partial charge < -0.3 is 14.5 Å². The first-order chi connectivity index (χ1) is 8.35. The molecule has 0 aliphatic rings. The van der Waals surface area contributed by atoms with Crippen molar-refractivity contribution in [3.63, 3.8) is 0 Å². The predicted octanol–water partition coefficient (Wildman–Crippen LogP) is 1.90. The van der Waals surface area contributed by atoms with Crippen molar-refractivity contribution in [3.8, 4) is 0 Å². The van der Waals surface area contributed by atoms with E-state index in [9.17, 15) is 0 Å². The fourth-order valence-corrected chi connectivity index (χ4v) is 2.38. The highest BCUT2D eigenvalue weighted by atomic mass is 32.2. The van der Waals surface area contributed by atoms with Gasteiger partial charge in [0.05, 0.1) is 12.8 Å². The Labute approximate surface area is 105 Å². The van der Waals surface area contributed by atoms with Crippen molar-refractivity contribution in [2.75, 3.05) is 31.3 Å². The lowest BCUT2D eigenvalue weighted by atomic mass is 10.6. The molecule has 0 amide bonds. The molecule has 5 nitrogen and oxygen atoms in total. The van der Waals surface area contributed by atoms with Crippen LogP contribution < -0.4 is 5.32 Å². The summed E-state index contributed by atoms with van der Waals surface area (Å²) in [6.45, 7) is 3.62. The Bertz CT molecular complexity index is 485. The Morgan fingerprint density at radius 1 is 1.53 bits per heavy atom. The highest BCUT2D eigenvalue weighted by Crippen LogP contribution is 2.22. The first-order valence-corrected chi connectivity index (χ1v) is 6.53. The van der Waals surface area contributed by atoms with Crippen LogP contribution in [0.4, 0.5) is 5.82 Å². The maximum absolute atomic E-state index is 5.04. The van der Waals surface area contributed by atoms with E-state index < -0.39 is 0 Å². The third-order valence-corrected chi connectivity index (χ3v) is 3.15. The fraction of sp³-hybridized carbons (Fsp3) is 0.455. The summed E-state index contributed by atoms with van der Waals surface area (Å²) in [6, 6.07) is 0. The highest BCUT2D eigenvalue weighted by molar-refractivity contribution is 7.99. The molecule has 6 heteroatoms. The van der Waals surface area contributed by atoms with Gasteiger partial charge in [0.2, 0.25) is 0 Å². The summed E-state index contributed by atoms with van der Waals surface area (Å²) in [5, 5.41) is 4.15. The van der Waals surface area contributed by atoms with Crippen LogP contribution >= 0.6 is 11.8 Å². The SMILES string of the molecule is CCNc1cn2ccnc2c(SCCOC)n1. The smallest absolute Gasteiger partial charge is 0.169 e. The lowest BCUT2D eigenvalue weighted by Gasteiger charge is -2.07. The second-order valence-corrected chi connectivity index (χ2v) is 4.54. The third-order valence-electron chi connectivity index (χ3n) is 2.23. The maximum Gasteiger partial charge on any atom is 0.169 e. The average Bonchev–Trinajstić information content (AvgIpc) is 2.78. The molecular weight excluding hydrogens is 236 g/mol. The average molecular weight is 252 g/mol. The number of imidazole rings is 1. The highest BCUT2D eigenvalue weighted by Gasteiger charge is 2.07. The van der Waals surface area contributed by atoms with Gasteiger partial charge in [-0.15, -0.1) is 11.8 Å². The first-order valence-electron chi connectivity index (χ1n) is 5.54. The number of hydrogen-bond acceptors (Lipinski definition) is 5. The Kier molecular flexibility index (Phi) is 4.22. The Morgan fingerprint density at radius 2 is 2.41 bits per heavy atom. The number of rotatable bonds is 6. The van der Waals surface area contributed by atoms with Gasteiger partial charge in [0.1, 0.15) is 10.8 Å². The molecule has 2 aromatic heterocycles. The summed E-state index contributed by atoms with van der Waals surface area (Å²) >= 11 is 1.66. The number of fused-ring (bicyclic) bond motifs is 1. The minimum absolute atomic E-state index is 0.713. The van der Waals surface area contributed by atoms with Crippen LogP contribution in [0.3, 0.4) is 0 Å². The number of aromatic nitrogens is 3. The molecular formula is C11H16N4OS. The van der Waals surface area contributed by atoms with Crippen LogP contribution in [0.15, 0.2) is 23.6 Å². The standard InChI is InChI=1S/C11H16N4OS/c1-3-12-9-8-15-5-4-13-10(15)11(14-9)17-7-6-16-2/h4-5,8,12H,3,6-7H2,1-2H3. The molecule has 2 rings (SSSR count). The molecule has 0 atom stereocenters. The summed E-state index contributed by atoms with van der Waals surface area (Å²) in [5.74, 6) is 1.75. The van der Waals surface area contributed by atoms with Gasteiger partial charge in [-0.25, -0.2) is 9.97 Å². The van der Waals surface area contributed by atoms with Crippen LogP contribution in [0, 0.1) is 0 Å². The van der Waals surface area contributed by atoms with E-state index in [0.717, 1.165) is 28.8 Å². The largest absolute Gasteiger partial charge is 0.384 e. The Hall–Kier alpha value is -1.27. The molecule has 0 saturated carbocycles. The van der Waals surface area contributed by atoms with Crippen molar-refractivity contribution < 1.29 is 4.74 Å². The molecule has 2 aromatic rings. The van der Waals surface area contributed by atoms with Crippen molar-refractivity contribution in [1.82, 2.24) is 14.4 Å². The van der Waals surface area contributed by atoms with Gasteiger partial charge in [0, 0.05) is 31.8 Å². The molecule has 0 unspecified atom stereocenters. The van der Waals surface area contributed by atoms with Crippen molar-refractivity contribution >= 4 is 23.2 Å². The molecule has 1 N–H and O–H groups in total. The van der Waals surface area contributed by atoms with E-state index in [1.54, 1.807) is 25.1 Å². The van der Waals surface area contributed by atoms with Crippen LogP contribution in [0.5, 0.6) is 0 Å². The number of anilines is 1. The molecule has 2 heterocycles. The zero-order valence-corrected chi connectivity index (χ0v) is 10.8. The summed E-state index contributed by atoms with van der Waals surface area (Å²) < 4.78 is 7.03. The second-order valence-electron chi connectivity index (χ2n) is 3.46. The number of hydrogen-bond donors (Lipinski definition) is 1. The van der Waals surface area contributed by atoms with Crippen molar-refractivity contribution in [2.45, 2.75) is 11.9 Å². The van der Waals surface area contributed by atoms with Crippen LogP contribution in [-0.2, 0) is 4.74 Å². The normalized spacial score (nSPS) is 10.9. The Morgan fingerprint density at radius 3 is 3.18 bits per heavy atom. The predicted molar refractivity (Wildman–Crippen MR) is 69.8 cm³/mol. The van der Waals surface area contributed by atoms with E-state index in [1.807, 2.05) is 16.8 Å². The summed E-state index contributed by atoms with van der Waals surface area (Å²) in [7, 11) is 1.70. The zero-order valence-electron chi connectivity index (χ0n) is 10.0. The van der Waals surface area contributed by atoms with Gasteiger partial charge in [-0.2, -0.15) is 0 Å². The minimum Gasteiger partial charge on any atom is -0.384 e. The van der Waals surface area contributed by atoms with Crippen molar-refractivity contribution in [1.29, 1.82) is 0 Å². The van der Waals surface area contributed by atoms with Crippen LogP contribution in [0.25, 0.3) is 5.65 Å². The number of ether oxygens (including phenoxy) is 1. The van der Waals surface area contributed by atoms with E-state index in [0.29, 0.717) is 6.61 Å². The zero-order chi connectivity index (χ0) is 12.1. The second kappa shape index (κ2) is 5.88. The third kappa shape index (κ3) is 2.89. The van der Waals surface area contributed by atoms with E-state index in [-0.39, 0.29) is 0 Å². The van der Waals surface area contributed by atoms with Gasteiger partial charge in [0.15, 0.2) is 5.65 Å². The number of thioether (sulfide) groups is 1. The lowest BCUT2D eigenvalue weighted by molar-refractivity contribution is 0.218. The van der Waals surface area contributed by atoms with Crippen molar-refractivity contribution in [3.05, 3.63) is 18.6 Å². The number of methoxy groups -OCH3 is 1. The molecule has 0 radical (unpaired) electrons.